The summed E-state index contributed by atoms with van der Waals surface area (Å²) in [5.74, 6) is -0.505. The highest BCUT2D eigenvalue weighted by molar-refractivity contribution is 6.04. The fourth-order valence-corrected chi connectivity index (χ4v) is 3.88. The molecule has 0 unspecified atom stereocenters. The van der Waals surface area contributed by atoms with Gasteiger partial charge >= 0.3 is 5.97 Å². The number of aromatic amines is 1. The number of H-pyrrole nitrogens is 1. The van der Waals surface area contributed by atoms with Crippen molar-refractivity contribution in [1.29, 1.82) is 0 Å². The Labute approximate surface area is 196 Å². The van der Waals surface area contributed by atoms with E-state index in [0.29, 0.717) is 45.5 Å². The normalized spacial score (nSPS) is 10.8. The molecule has 0 fully saturated rings. The van der Waals surface area contributed by atoms with Crippen molar-refractivity contribution in [2.75, 3.05) is 20.8 Å². The number of carbonyl (C=O) groups is 2. The molecule has 1 aromatic heterocycles. The molecule has 0 aliphatic rings. The van der Waals surface area contributed by atoms with Gasteiger partial charge in [0.15, 0.2) is 0 Å². The van der Waals surface area contributed by atoms with Crippen molar-refractivity contribution in [3.05, 3.63) is 83.3 Å². The molecular weight excluding hydrogens is 437 g/mol. The number of nitrogens with one attached hydrogen (secondary N) is 1. The van der Waals surface area contributed by atoms with Crippen molar-refractivity contribution >= 4 is 22.8 Å². The Morgan fingerprint density at radius 1 is 1.12 bits per heavy atom. The molecule has 1 amide bonds. The lowest BCUT2D eigenvalue weighted by molar-refractivity contribution is 0.0602. The number of hydrogen-bond acceptors (Lipinski definition) is 5. The van der Waals surface area contributed by atoms with Crippen LogP contribution >= 0.6 is 0 Å². The van der Waals surface area contributed by atoms with Crippen LogP contribution in [0, 0.1) is 5.82 Å². The van der Waals surface area contributed by atoms with Crippen molar-refractivity contribution in [1.82, 2.24) is 15.1 Å². The minimum absolute atomic E-state index is 0.212. The number of ether oxygens (including phenoxy) is 2. The molecule has 0 atom stereocenters. The van der Waals surface area contributed by atoms with E-state index >= 15 is 0 Å². The molecule has 1 N–H and O–H groups in total. The predicted molar refractivity (Wildman–Crippen MR) is 126 cm³/mol. The highest BCUT2D eigenvalue weighted by atomic mass is 19.1. The minimum atomic E-state index is -0.454. The quantitative estimate of drug-likeness (QED) is 0.399. The van der Waals surface area contributed by atoms with Crippen LogP contribution in [0.4, 0.5) is 4.39 Å². The zero-order valence-electron chi connectivity index (χ0n) is 19.1. The van der Waals surface area contributed by atoms with E-state index in [0.717, 1.165) is 5.56 Å². The van der Waals surface area contributed by atoms with E-state index in [2.05, 4.69) is 10.2 Å². The summed E-state index contributed by atoms with van der Waals surface area (Å²) in [6, 6.07) is 14.8. The third-order valence-corrected chi connectivity index (χ3v) is 5.53. The molecule has 0 aliphatic heterocycles. The highest BCUT2D eigenvalue weighted by Gasteiger charge is 2.19. The van der Waals surface area contributed by atoms with E-state index in [-0.39, 0.29) is 18.3 Å². The summed E-state index contributed by atoms with van der Waals surface area (Å²) in [5, 5.41) is 7.58. The highest BCUT2D eigenvalue weighted by Crippen LogP contribution is 2.32. The number of hydrogen-bond donors (Lipinski definition) is 1. The van der Waals surface area contributed by atoms with Crippen LogP contribution in [0.25, 0.3) is 22.0 Å². The monoisotopic (exact) mass is 461 g/mol. The fourth-order valence-electron chi connectivity index (χ4n) is 3.88. The molecule has 0 bridgehead atoms. The zero-order chi connectivity index (χ0) is 24.2. The van der Waals surface area contributed by atoms with Gasteiger partial charge in [0.2, 0.25) is 0 Å². The lowest BCUT2D eigenvalue weighted by Gasteiger charge is -2.19. The maximum atomic E-state index is 13.7. The van der Waals surface area contributed by atoms with E-state index in [1.54, 1.807) is 60.6 Å². The molecule has 7 nitrogen and oxygen atoms in total. The molecule has 1 heterocycles. The van der Waals surface area contributed by atoms with Crippen molar-refractivity contribution in [2.45, 2.75) is 13.5 Å². The topological polar surface area (TPSA) is 84.5 Å². The van der Waals surface area contributed by atoms with E-state index in [9.17, 15) is 14.0 Å². The molecule has 0 saturated carbocycles. The van der Waals surface area contributed by atoms with E-state index in [4.69, 9.17) is 9.47 Å². The summed E-state index contributed by atoms with van der Waals surface area (Å²) in [4.78, 5) is 26.8. The van der Waals surface area contributed by atoms with Crippen LogP contribution in [0.5, 0.6) is 5.75 Å². The van der Waals surface area contributed by atoms with Gasteiger partial charge in [-0.15, -0.1) is 0 Å². The van der Waals surface area contributed by atoms with Crippen LogP contribution in [0.15, 0.2) is 60.8 Å². The Kier molecular flexibility index (Phi) is 6.58. The first-order valence-electron chi connectivity index (χ1n) is 10.7. The molecule has 0 saturated heterocycles. The summed E-state index contributed by atoms with van der Waals surface area (Å²) in [7, 11) is 3.02. The zero-order valence-corrected chi connectivity index (χ0v) is 19.1. The van der Waals surface area contributed by atoms with Gasteiger partial charge in [0.1, 0.15) is 11.6 Å². The first-order chi connectivity index (χ1) is 16.4. The van der Waals surface area contributed by atoms with Crippen LogP contribution in [-0.2, 0) is 11.3 Å². The largest absolute Gasteiger partial charge is 0.493 e. The third kappa shape index (κ3) is 4.47. The van der Waals surface area contributed by atoms with Crippen LogP contribution in [-0.4, -0.2) is 47.7 Å². The number of halogens is 1. The van der Waals surface area contributed by atoms with Crippen LogP contribution < -0.4 is 4.74 Å². The summed E-state index contributed by atoms with van der Waals surface area (Å²) >= 11 is 0. The number of amides is 1. The number of fused-ring (bicyclic) bond motifs is 1. The van der Waals surface area contributed by atoms with Crippen LogP contribution in [0.2, 0.25) is 0 Å². The number of rotatable bonds is 7. The van der Waals surface area contributed by atoms with Crippen molar-refractivity contribution in [2.24, 2.45) is 0 Å². The molecular formula is C26H24FN3O4. The lowest BCUT2D eigenvalue weighted by atomic mass is 10.0. The summed E-state index contributed by atoms with van der Waals surface area (Å²) in [5.41, 5.74) is 3.69. The Hall–Kier alpha value is -4.20. The van der Waals surface area contributed by atoms with Crippen LogP contribution in [0.3, 0.4) is 0 Å². The first kappa shape index (κ1) is 23.0. The molecule has 3 aromatic carbocycles. The maximum Gasteiger partial charge on any atom is 0.338 e. The van der Waals surface area contributed by atoms with Crippen molar-refractivity contribution in [3.63, 3.8) is 0 Å². The molecule has 34 heavy (non-hydrogen) atoms. The number of aromatic nitrogens is 2. The van der Waals surface area contributed by atoms with Gasteiger partial charge in [-0.3, -0.25) is 9.89 Å². The van der Waals surface area contributed by atoms with Gasteiger partial charge in [-0.05, 0) is 54.4 Å². The molecule has 4 rings (SSSR count). The molecule has 0 radical (unpaired) electrons. The Bertz CT molecular complexity index is 1370. The van der Waals surface area contributed by atoms with Crippen LogP contribution in [0.1, 0.15) is 33.2 Å². The number of nitrogens with zero attached hydrogens (tertiary/aromatic N) is 2. The van der Waals surface area contributed by atoms with Gasteiger partial charge in [-0.2, -0.15) is 5.10 Å². The van der Waals surface area contributed by atoms with Gasteiger partial charge in [-0.1, -0.05) is 18.2 Å². The maximum absolute atomic E-state index is 13.7. The average molecular weight is 461 g/mol. The second-order valence-corrected chi connectivity index (χ2v) is 7.74. The molecule has 8 heteroatoms. The Morgan fingerprint density at radius 3 is 2.68 bits per heavy atom. The smallest absolute Gasteiger partial charge is 0.338 e. The summed E-state index contributed by atoms with van der Waals surface area (Å²) in [6.07, 6.45) is 1.56. The molecule has 0 spiro atoms. The second kappa shape index (κ2) is 9.74. The van der Waals surface area contributed by atoms with Crippen molar-refractivity contribution in [3.8, 4) is 16.9 Å². The standard InChI is InChI=1S/C26H24FN3O4/c1-4-34-23-13-17(8-10-20(23)16-6-5-7-19(27)12-16)25(31)30(2)15-18-9-11-21(26(32)33-3)22-14-28-29-24(18)22/h5-14H,4,15H2,1-3H3,(H,28,29). The van der Waals surface area contributed by atoms with E-state index in [1.165, 1.54) is 19.2 Å². The van der Waals surface area contributed by atoms with E-state index < -0.39 is 5.97 Å². The Balaban J connectivity index is 1.61. The SMILES string of the molecule is CCOc1cc(C(=O)N(C)Cc2ccc(C(=O)OC)c3cn[nH]c23)ccc1-c1cccc(F)c1. The average Bonchev–Trinajstić information content (AvgIpc) is 3.34. The lowest BCUT2D eigenvalue weighted by Crippen LogP contribution is -2.26. The number of benzene rings is 3. The number of esters is 1. The van der Waals surface area contributed by atoms with Crippen molar-refractivity contribution < 1.29 is 23.5 Å². The van der Waals surface area contributed by atoms with Gasteiger partial charge in [0.05, 0.1) is 31.0 Å². The third-order valence-electron chi connectivity index (χ3n) is 5.53. The molecule has 4 aromatic rings. The minimum Gasteiger partial charge on any atom is -0.493 e. The fraction of sp³-hybridized carbons (Fsp3) is 0.192. The predicted octanol–water partition coefficient (Wildman–Crippen LogP) is 4.83. The summed E-state index contributed by atoms with van der Waals surface area (Å²) in [6.45, 7) is 2.54. The van der Waals surface area contributed by atoms with Gasteiger partial charge in [-0.25, -0.2) is 9.18 Å². The second-order valence-electron chi connectivity index (χ2n) is 7.74. The number of methoxy groups -OCH3 is 1. The number of carbonyl (C=O) groups excluding carboxylic acids is 2. The van der Waals surface area contributed by atoms with Gasteiger partial charge < -0.3 is 14.4 Å². The van der Waals surface area contributed by atoms with Gasteiger partial charge in [0.25, 0.3) is 5.91 Å². The Morgan fingerprint density at radius 2 is 1.94 bits per heavy atom. The molecule has 174 valence electrons. The first-order valence-corrected chi connectivity index (χ1v) is 10.7. The molecule has 0 aliphatic carbocycles. The van der Waals surface area contributed by atoms with E-state index in [1.807, 2.05) is 6.92 Å². The summed E-state index contributed by atoms with van der Waals surface area (Å²) < 4.78 is 24.3. The van der Waals surface area contributed by atoms with Gasteiger partial charge in [0, 0.05) is 30.1 Å².